The molecular weight excluding hydrogens is 252 g/mol. The van der Waals surface area contributed by atoms with Crippen molar-refractivity contribution in [2.24, 2.45) is 16.5 Å². The molecule has 0 unspecified atom stereocenters. The molecule has 0 heterocycles. The second-order valence-corrected chi connectivity index (χ2v) is 3.81. The molecule has 0 bridgehead atoms. The highest BCUT2D eigenvalue weighted by Gasteiger charge is 1.93. The Bertz CT molecular complexity index is 278. The maximum absolute atomic E-state index is 8.36. The molecule has 0 rings (SSSR count). The van der Waals surface area contributed by atoms with E-state index in [0.29, 0.717) is 0 Å². The van der Waals surface area contributed by atoms with E-state index in [0.717, 1.165) is 13.0 Å². The van der Waals surface area contributed by atoms with Crippen LogP contribution in [0.2, 0.25) is 0 Å². The first-order valence-corrected chi connectivity index (χ1v) is 6.15. The summed E-state index contributed by atoms with van der Waals surface area (Å²) in [5.74, 6) is -0.0287. The van der Waals surface area contributed by atoms with Crippen LogP contribution in [0.4, 0.5) is 0 Å². The first-order chi connectivity index (χ1) is 8.90. The molecule has 0 radical (unpaired) electrons. The van der Waals surface area contributed by atoms with Crippen LogP contribution < -0.4 is 16.8 Å². The minimum atomic E-state index is -1.50. The number of guanidine groups is 2. The molecule has 9 nitrogen and oxygen atoms in total. The number of nitrogens with one attached hydrogen (secondary N) is 2. The van der Waals surface area contributed by atoms with Crippen molar-refractivity contribution < 1.29 is 10.3 Å². The van der Waals surface area contributed by atoms with Crippen LogP contribution in [-0.2, 0) is 0 Å². The molecule has 0 saturated heterocycles. The third-order valence-corrected chi connectivity index (χ3v) is 2.08. The Balaban J connectivity index is 0. The van der Waals surface area contributed by atoms with Crippen molar-refractivity contribution in [3.8, 4) is 0 Å². The molecule has 0 atom stereocenters. The average molecular weight is 276 g/mol. The van der Waals surface area contributed by atoms with Crippen LogP contribution in [0.5, 0.6) is 0 Å². The van der Waals surface area contributed by atoms with Crippen molar-refractivity contribution >= 4 is 11.9 Å². The van der Waals surface area contributed by atoms with Crippen LogP contribution in [0.3, 0.4) is 0 Å². The third-order valence-electron chi connectivity index (χ3n) is 2.08. The van der Waals surface area contributed by atoms with Gasteiger partial charge in [0.1, 0.15) is 0 Å². The summed E-state index contributed by atoms with van der Waals surface area (Å²) in [6.07, 6.45) is 7.48. The van der Waals surface area contributed by atoms with E-state index in [1.165, 1.54) is 32.1 Å². The predicted molar refractivity (Wildman–Crippen MR) is 73.7 cm³/mol. The van der Waals surface area contributed by atoms with Gasteiger partial charge in [0.25, 0.3) is 5.09 Å². The first-order valence-electron chi connectivity index (χ1n) is 6.15. The van der Waals surface area contributed by atoms with E-state index in [2.05, 4.69) is 17.2 Å². The molecular formula is C10H24N6O3. The number of nitrogens with zero attached hydrogens (tertiary/aromatic N) is 2. The third kappa shape index (κ3) is 25.9. The van der Waals surface area contributed by atoms with Crippen molar-refractivity contribution in [3.63, 3.8) is 0 Å². The summed E-state index contributed by atoms with van der Waals surface area (Å²) in [7, 11) is 0. The minimum absolute atomic E-state index is 0.232. The lowest BCUT2D eigenvalue weighted by molar-refractivity contribution is -0.742. The fourth-order valence-electron chi connectivity index (χ4n) is 1.29. The lowest BCUT2D eigenvalue weighted by Crippen LogP contribution is -2.34. The Kier molecular flexibility index (Phi) is 14.2. The lowest BCUT2D eigenvalue weighted by atomic mass is 10.1. The summed E-state index contributed by atoms with van der Waals surface area (Å²) >= 11 is 0. The zero-order valence-electron chi connectivity index (χ0n) is 11.3. The standard InChI is InChI=1S/C10H23N5.HNO3/c1-2-3-4-5-6-7-8-14-10(13)15-9(11)12;2-1(3)4/h2-8H2,1H3,(H6,11,12,13,14,15);(H,2,3,4). The quantitative estimate of drug-likeness (QED) is 0.152. The molecule has 0 aromatic heterocycles. The number of aliphatic imine (C=N–C) groups is 1. The number of nitrogens with two attached hydrogens (primary N) is 2. The summed E-state index contributed by atoms with van der Waals surface area (Å²) in [5, 5.41) is 23.4. The molecule has 0 spiro atoms. The van der Waals surface area contributed by atoms with Gasteiger partial charge < -0.3 is 22.0 Å². The van der Waals surface area contributed by atoms with Crippen molar-refractivity contribution in [1.29, 1.82) is 5.41 Å². The molecule has 0 amide bonds. The van der Waals surface area contributed by atoms with E-state index in [9.17, 15) is 0 Å². The molecule has 112 valence electrons. The first kappa shape index (κ1) is 19.3. The Hall–Kier alpha value is -2.06. The van der Waals surface area contributed by atoms with Crippen LogP contribution in [-0.4, -0.2) is 28.8 Å². The van der Waals surface area contributed by atoms with Gasteiger partial charge in [0, 0.05) is 6.54 Å². The second-order valence-electron chi connectivity index (χ2n) is 3.81. The molecule has 9 heteroatoms. The Labute approximate surface area is 112 Å². The van der Waals surface area contributed by atoms with Crippen LogP contribution in [0.1, 0.15) is 45.4 Å². The van der Waals surface area contributed by atoms with Gasteiger partial charge in [-0.3, -0.25) is 5.41 Å². The molecule has 0 aromatic carbocycles. The Morgan fingerprint density at radius 1 is 1.32 bits per heavy atom. The number of hydrogen-bond donors (Lipinski definition) is 5. The molecule has 7 N–H and O–H groups in total. The van der Waals surface area contributed by atoms with E-state index in [1.807, 2.05) is 0 Å². The van der Waals surface area contributed by atoms with Crippen LogP contribution in [0.15, 0.2) is 4.99 Å². The maximum Gasteiger partial charge on any atom is 0.291 e. The largest absolute Gasteiger partial charge is 0.370 e. The van der Waals surface area contributed by atoms with Gasteiger partial charge in [0.15, 0.2) is 5.96 Å². The highest BCUT2D eigenvalue weighted by Crippen LogP contribution is 2.03. The van der Waals surface area contributed by atoms with Gasteiger partial charge in [-0.1, -0.05) is 39.0 Å². The van der Waals surface area contributed by atoms with Crippen molar-refractivity contribution in [2.45, 2.75) is 45.4 Å². The normalized spacial score (nSPS) is 10.3. The zero-order chi connectivity index (χ0) is 15.1. The summed E-state index contributed by atoms with van der Waals surface area (Å²) in [5.41, 5.74) is 10.5. The molecule has 19 heavy (non-hydrogen) atoms. The van der Waals surface area contributed by atoms with Gasteiger partial charge in [-0.25, -0.2) is 0 Å². The summed E-state index contributed by atoms with van der Waals surface area (Å²) in [4.78, 5) is 11.9. The topological polar surface area (TPSA) is 164 Å². The monoisotopic (exact) mass is 276 g/mol. The highest BCUT2D eigenvalue weighted by molar-refractivity contribution is 5.91. The summed E-state index contributed by atoms with van der Waals surface area (Å²) < 4.78 is 0. The molecule has 0 fully saturated rings. The van der Waals surface area contributed by atoms with Gasteiger partial charge in [0.05, 0.1) is 0 Å². The van der Waals surface area contributed by atoms with Gasteiger partial charge in [-0.2, -0.15) is 4.99 Å². The van der Waals surface area contributed by atoms with Gasteiger partial charge in [-0.05, 0) is 6.42 Å². The van der Waals surface area contributed by atoms with Crippen molar-refractivity contribution in [2.75, 3.05) is 6.54 Å². The van der Waals surface area contributed by atoms with Gasteiger partial charge >= 0.3 is 0 Å². The molecule has 0 aliphatic carbocycles. The van der Waals surface area contributed by atoms with Gasteiger partial charge in [0.2, 0.25) is 5.96 Å². The van der Waals surface area contributed by atoms with Crippen LogP contribution >= 0.6 is 0 Å². The smallest absolute Gasteiger partial charge is 0.291 e. The van der Waals surface area contributed by atoms with E-state index in [1.54, 1.807) is 0 Å². The fourth-order valence-corrected chi connectivity index (χ4v) is 1.29. The molecule has 0 aromatic rings. The predicted octanol–water partition coefficient (Wildman–Crippen LogP) is 0.797. The molecule has 0 aliphatic heterocycles. The van der Waals surface area contributed by atoms with Crippen LogP contribution in [0.25, 0.3) is 0 Å². The Morgan fingerprint density at radius 3 is 2.26 bits per heavy atom. The Morgan fingerprint density at radius 2 is 1.79 bits per heavy atom. The van der Waals surface area contributed by atoms with E-state index < -0.39 is 5.09 Å². The molecule has 0 saturated carbocycles. The fraction of sp³-hybridized carbons (Fsp3) is 0.800. The zero-order valence-corrected chi connectivity index (χ0v) is 11.3. The van der Waals surface area contributed by atoms with E-state index in [4.69, 9.17) is 32.2 Å². The second kappa shape index (κ2) is 14.0. The van der Waals surface area contributed by atoms with E-state index >= 15 is 0 Å². The lowest BCUT2D eigenvalue weighted by Gasteiger charge is -2.04. The SMILES string of the molecule is CCCCCCCCN/C(N)=N/C(=N)N.O=[N+]([O-])O. The number of unbranched alkanes of at least 4 members (excludes halogenated alkanes) is 5. The van der Waals surface area contributed by atoms with Crippen LogP contribution in [0, 0.1) is 15.5 Å². The maximum atomic E-state index is 8.36. The number of hydrogen-bond acceptors (Lipinski definition) is 3. The summed E-state index contributed by atoms with van der Waals surface area (Å²) in [6, 6.07) is 0. The average Bonchev–Trinajstić information content (AvgIpc) is 2.26. The van der Waals surface area contributed by atoms with Crippen molar-refractivity contribution in [3.05, 3.63) is 10.1 Å². The minimum Gasteiger partial charge on any atom is -0.370 e. The highest BCUT2D eigenvalue weighted by atomic mass is 16.9. The molecule has 0 aliphatic rings. The van der Waals surface area contributed by atoms with Gasteiger partial charge in [-0.15, -0.1) is 10.1 Å². The summed E-state index contributed by atoms with van der Waals surface area (Å²) in [6.45, 7) is 3.01. The number of rotatable bonds is 7. The van der Waals surface area contributed by atoms with E-state index in [-0.39, 0.29) is 11.9 Å². The van der Waals surface area contributed by atoms with Crippen molar-refractivity contribution in [1.82, 2.24) is 5.32 Å².